The van der Waals surface area contributed by atoms with E-state index in [1.54, 1.807) is 0 Å². The third-order valence-corrected chi connectivity index (χ3v) is 11.3. The first-order chi connectivity index (χ1) is 27.6. The van der Waals surface area contributed by atoms with Gasteiger partial charge in [0.2, 0.25) is 0 Å². The molecule has 0 aliphatic carbocycles. The molecule has 11 aromatic carbocycles. The fourth-order valence-electron chi connectivity index (χ4n) is 8.66. The quantitative estimate of drug-likeness (QED) is 0.0945. The van der Waals surface area contributed by atoms with Crippen molar-refractivity contribution in [2.75, 3.05) is 0 Å². The summed E-state index contributed by atoms with van der Waals surface area (Å²) in [5.41, 5.74) is 10.5. The summed E-state index contributed by atoms with van der Waals surface area (Å²) in [5.74, 6) is 0. The SMILES string of the molecule is Cc1cc2c(-c3cccc4ccccc34)ccc(C)c2[cH-]1.[CH3-].[CH3-].[Si]=[Zr].c1ccc2c(-c3cccc4[cH-]c(-c5cccc6c5ccc5ccccc56)cc34)cccc2c1. The standard InChI is InChI=1S/C33H21.C21H17.2CH3.Si.Zr/c1-3-12-26-22(8-1)10-5-15-29(26)31-16-6-11-24-20-25(21-33(24)31)28-14-7-17-30-27-13-4-2-9-23(27)18-19-32(28)30;1-14-12-20-15(2)10-11-19(21(20)13-14)18-9-5-7-16-6-3-4-8-17(16)18;;;;/h1-21H;3-13H,1-2H3;2*1H3;;/q4*-1;;. The van der Waals surface area contributed by atoms with Crippen molar-refractivity contribution < 1.29 is 23.3 Å². The van der Waals surface area contributed by atoms with E-state index in [2.05, 4.69) is 215 Å². The maximum atomic E-state index is 3.06. The second-order valence-electron chi connectivity index (χ2n) is 14.6. The van der Waals surface area contributed by atoms with Crippen molar-refractivity contribution in [1.82, 2.24) is 0 Å². The van der Waals surface area contributed by atoms with Crippen LogP contribution in [0.5, 0.6) is 0 Å². The molecule has 0 aliphatic rings. The summed E-state index contributed by atoms with van der Waals surface area (Å²) in [6.07, 6.45) is 0. The number of benzene rings is 9. The average Bonchev–Trinajstić information content (AvgIpc) is 3.88. The van der Waals surface area contributed by atoms with E-state index >= 15 is 0 Å². The molecular weight excluding hydrogens is 792 g/mol. The Morgan fingerprint density at radius 2 is 0.845 bits per heavy atom. The molecule has 0 unspecified atom stereocenters. The Morgan fingerprint density at radius 3 is 1.50 bits per heavy atom. The monoisotopic (exact) mass is 834 g/mol. The molecule has 11 aromatic rings. The molecule has 0 saturated carbocycles. The first kappa shape index (κ1) is 40.5. The molecule has 0 N–H and O–H groups in total. The Labute approximate surface area is 359 Å². The van der Waals surface area contributed by atoms with Gasteiger partial charge >= 0.3 is 30.2 Å². The van der Waals surface area contributed by atoms with Crippen molar-refractivity contribution >= 4 is 71.5 Å². The van der Waals surface area contributed by atoms with E-state index < -0.39 is 0 Å². The van der Waals surface area contributed by atoms with Crippen LogP contribution in [-0.2, 0) is 23.3 Å². The number of aryl methyl sites for hydroxylation is 2. The van der Waals surface area contributed by atoms with Crippen LogP contribution in [0, 0.1) is 28.7 Å². The zero-order valence-corrected chi connectivity index (χ0v) is 36.9. The third kappa shape index (κ3) is 7.33. The van der Waals surface area contributed by atoms with Crippen LogP contribution in [0.1, 0.15) is 11.1 Å². The minimum absolute atomic E-state index is 0. The molecule has 0 saturated heterocycles. The number of hydrogen-bond donors (Lipinski definition) is 0. The van der Waals surface area contributed by atoms with Crippen LogP contribution >= 0.6 is 0 Å². The Kier molecular flexibility index (Phi) is 12.2. The summed E-state index contributed by atoms with van der Waals surface area (Å²) in [6.45, 7) is 7.42. The molecular formula is C56H44SiZr-4. The summed E-state index contributed by atoms with van der Waals surface area (Å²) < 4.78 is 0. The van der Waals surface area contributed by atoms with E-state index in [-0.39, 0.29) is 14.9 Å². The van der Waals surface area contributed by atoms with Gasteiger partial charge in [0.05, 0.1) is 0 Å². The molecule has 2 radical (unpaired) electrons. The van der Waals surface area contributed by atoms with Crippen molar-refractivity contribution in [1.29, 1.82) is 0 Å². The zero-order chi connectivity index (χ0) is 38.2. The molecule has 0 heterocycles. The van der Waals surface area contributed by atoms with Crippen LogP contribution in [0.3, 0.4) is 0 Å². The predicted octanol–water partition coefficient (Wildman–Crippen LogP) is 15.9. The largest absolute Gasteiger partial charge is 0.144 e. The first-order valence-corrected chi connectivity index (χ1v) is 23.3. The minimum atomic E-state index is 0. The fraction of sp³-hybridized carbons (Fsp3) is 0.0357. The van der Waals surface area contributed by atoms with E-state index in [9.17, 15) is 0 Å². The van der Waals surface area contributed by atoms with Gasteiger partial charge in [-0.25, -0.2) is 0 Å². The Hall–Kier alpha value is -5.66. The van der Waals surface area contributed by atoms with E-state index in [0.717, 1.165) is 0 Å². The first-order valence-electron chi connectivity index (χ1n) is 19.1. The van der Waals surface area contributed by atoms with E-state index in [4.69, 9.17) is 0 Å². The molecule has 0 aliphatic heterocycles. The number of hydrogen-bond acceptors (Lipinski definition) is 0. The van der Waals surface area contributed by atoms with Gasteiger partial charge in [-0.1, -0.05) is 188 Å². The average molecular weight is 836 g/mol. The van der Waals surface area contributed by atoms with Crippen LogP contribution in [0.2, 0.25) is 0 Å². The predicted molar refractivity (Wildman–Crippen MR) is 253 cm³/mol. The Morgan fingerprint density at radius 1 is 0.362 bits per heavy atom. The van der Waals surface area contributed by atoms with Gasteiger partial charge in [-0.2, -0.15) is 6.07 Å². The third-order valence-electron chi connectivity index (χ3n) is 11.3. The molecule has 0 atom stereocenters. The second kappa shape index (κ2) is 17.5. The van der Waals surface area contributed by atoms with E-state index in [1.165, 1.54) is 132 Å². The van der Waals surface area contributed by atoms with Crippen LogP contribution in [0.4, 0.5) is 0 Å². The van der Waals surface area contributed by atoms with Gasteiger partial charge in [-0.15, -0.1) is 68.6 Å². The summed E-state index contributed by atoms with van der Waals surface area (Å²) in [4.78, 5) is 0. The van der Waals surface area contributed by atoms with Gasteiger partial charge in [-0.3, -0.25) is 0 Å². The van der Waals surface area contributed by atoms with Crippen molar-refractivity contribution in [2.45, 2.75) is 13.8 Å². The van der Waals surface area contributed by atoms with Crippen molar-refractivity contribution in [3.63, 3.8) is 0 Å². The molecule has 2 heteroatoms. The fourth-order valence-corrected chi connectivity index (χ4v) is 8.66. The molecule has 0 nitrogen and oxygen atoms in total. The van der Waals surface area contributed by atoms with E-state index in [0.29, 0.717) is 0 Å². The second-order valence-corrected chi connectivity index (χ2v) is 14.6. The van der Waals surface area contributed by atoms with Gasteiger partial charge in [0, 0.05) is 0 Å². The number of fused-ring (bicyclic) bond motifs is 7. The zero-order valence-electron chi connectivity index (χ0n) is 33.5. The number of rotatable bonds is 3. The van der Waals surface area contributed by atoms with Gasteiger partial charge in [-0.05, 0) is 54.2 Å². The van der Waals surface area contributed by atoms with Crippen molar-refractivity contribution in [3.05, 3.63) is 220 Å². The van der Waals surface area contributed by atoms with Crippen LogP contribution < -0.4 is 0 Å². The van der Waals surface area contributed by atoms with Gasteiger partial charge in [0.15, 0.2) is 0 Å². The van der Waals surface area contributed by atoms with E-state index in [1.807, 2.05) is 0 Å². The summed E-state index contributed by atoms with van der Waals surface area (Å²) in [6, 6.07) is 70.7. The van der Waals surface area contributed by atoms with Crippen LogP contribution in [0.25, 0.3) is 98.0 Å². The summed E-state index contributed by atoms with van der Waals surface area (Å²) in [7, 11) is 0. The Balaban J connectivity index is 0.000000178. The summed E-state index contributed by atoms with van der Waals surface area (Å²) >= 11 is 1.36. The van der Waals surface area contributed by atoms with Crippen molar-refractivity contribution in [2.24, 2.45) is 0 Å². The van der Waals surface area contributed by atoms with Gasteiger partial charge in [0.1, 0.15) is 0 Å². The van der Waals surface area contributed by atoms with Crippen molar-refractivity contribution in [3.8, 4) is 33.4 Å². The molecule has 0 bridgehead atoms. The maximum absolute atomic E-state index is 3.06. The topological polar surface area (TPSA) is 0 Å². The molecule has 0 fully saturated rings. The molecule has 0 spiro atoms. The molecule has 0 amide bonds. The minimum Gasteiger partial charge on any atom is -0.144 e. The normalized spacial score (nSPS) is 10.8. The van der Waals surface area contributed by atoms with Crippen LogP contribution in [-0.4, -0.2) is 6.88 Å². The molecule has 280 valence electrons. The summed E-state index contributed by atoms with van der Waals surface area (Å²) in [5, 5.41) is 15.7. The van der Waals surface area contributed by atoms with Gasteiger partial charge < -0.3 is 14.9 Å². The molecule has 11 rings (SSSR count). The smallest absolute Gasteiger partial charge is 0.0112 e. The Bertz CT molecular complexity index is 3200. The van der Waals surface area contributed by atoms with Gasteiger partial charge in [0.25, 0.3) is 0 Å². The molecule has 0 aromatic heterocycles. The maximum Gasteiger partial charge on any atom is -0.0112 e. The molecule has 58 heavy (non-hydrogen) atoms. The van der Waals surface area contributed by atoms with Crippen LogP contribution in [0.15, 0.2) is 194 Å².